The molecule has 0 aromatic heterocycles. The molecule has 1 aromatic carbocycles. The van der Waals surface area contributed by atoms with Crippen molar-refractivity contribution in [3.8, 4) is 0 Å². The highest BCUT2D eigenvalue weighted by Crippen LogP contribution is 2.40. The molecule has 0 atom stereocenters. The molecule has 0 aliphatic carbocycles. The maximum atomic E-state index is 13.2. The molecule has 9 heteroatoms. The number of nitrogens with zero attached hydrogens (tertiary/aromatic N) is 1. The molecule has 23 heavy (non-hydrogen) atoms. The molecule has 0 radical (unpaired) electrons. The van der Waals surface area contributed by atoms with Crippen LogP contribution in [0.1, 0.15) is 5.56 Å². The molecule has 1 amide bonds. The van der Waals surface area contributed by atoms with Crippen LogP contribution in [-0.2, 0) is 9.53 Å². The minimum atomic E-state index is -5.08. The Bertz CT molecular complexity index is 673. The molecule has 0 N–H and O–H groups in total. The van der Waals surface area contributed by atoms with E-state index in [2.05, 4.69) is 4.74 Å². The van der Waals surface area contributed by atoms with Crippen LogP contribution in [0.4, 0.5) is 26.3 Å². The van der Waals surface area contributed by atoms with Gasteiger partial charge in [0.05, 0.1) is 11.8 Å². The highest BCUT2D eigenvalue weighted by molar-refractivity contribution is 5.99. The van der Waals surface area contributed by atoms with Crippen LogP contribution in [0, 0.1) is 0 Å². The van der Waals surface area contributed by atoms with Gasteiger partial charge in [0.25, 0.3) is 5.91 Å². The minimum absolute atomic E-state index is 0.0123. The van der Waals surface area contributed by atoms with Gasteiger partial charge in [-0.05, 0) is 0 Å². The number of allylic oxidation sites excluding steroid dienone is 2. The number of rotatable bonds is 1. The predicted molar refractivity (Wildman–Crippen MR) is 67.4 cm³/mol. The fourth-order valence-electron chi connectivity index (χ4n) is 1.97. The first-order valence-electron chi connectivity index (χ1n) is 6.13. The molecular formula is C14H9F6NO2. The zero-order chi connectivity index (χ0) is 17.4. The fourth-order valence-corrected chi connectivity index (χ4v) is 1.97. The lowest BCUT2D eigenvalue weighted by atomic mass is 10.1. The first kappa shape index (κ1) is 16.9. The summed E-state index contributed by atoms with van der Waals surface area (Å²) < 4.78 is 80.8. The smallest absolute Gasteiger partial charge is 0.444 e. The molecule has 1 aliphatic rings. The quantitative estimate of drug-likeness (QED) is 0.575. The Morgan fingerprint density at radius 3 is 2.09 bits per heavy atom. The van der Waals surface area contributed by atoms with E-state index in [0.29, 0.717) is 4.90 Å². The highest BCUT2D eigenvalue weighted by Gasteiger charge is 2.46. The summed E-state index contributed by atoms with van der Waals surface area (Å²) >= 11 is 0. The van der Waals surface area contributed by atoms with E-state index in [0.717, 1.165) is 7.05 Å². The summed E-state index contributed by atoms with van der Waals surface area (Å²) in [4.78, 5) is 12.4. The second kappa shape index (κ2) is 5.64. The number of halogens is 6. The van der Waals surface area contributed by atoms with Crippen molar-refractivity contribution in [3.63, 3.8) is 0 Å². The van der Waals surface area contributed by atoms with E-state index in [4.69, 9.17) is 0 Å². The van der Waals surface area contributed by atoms with Gasteiger partial charge in [-0.2, -0.15) is 26.3 Å². The Kier molecular flexibility index (Phi) is 4.14. The Balaban J connectivity index is 2.65. The molecule has 124 valence electrons. The molecule has 1 heterocycles. The number of hydrogen-bond donors (Lipinski definition) is 0. The van der Waals surface area contributed by atoms with Crippen LogP contribution < -0.4 is 0 Å². The van der Waals surface area contributed by atoms with Crippen molar-refractivity contribution in [2.45, 2.75) is 12.4 Å². The number of amides is 1. The van der Waals surface area contributed by atoms with Gasteiger partial charge in [0.1, 0.15) is 0 Å². The summed E-state index contributed by atoms with van der Waals surface area (Å²) in [6.07, 6.45) is -10.7. The topological polar surface area (TPSA) is 29.5 Å². The Hall–Kier alpha value is -2.45. The lowest BCUT2D eigenvalue weighted by Crippen LogP contribution is -2.37. The zero-order valence-electron chi connectivity index (χ0n) is 11.5. The number of hydrogen-bond acceptors (Lipinski definition) is 2. The Morgan fingerprint density at radius 2 is 1.61 bits per heavy atom. The molecular weight excluding hydrogens is 328 g/mol. The van der Waals surface area contributed by atoms with Crippen LogP contribution >= 0.6 is 0 Å². The van der Waals surface area contributed by atoms with Crippen LogP contribution in [0.15, 0.2) is 47.9 Å². The molecule has 0 fully saturated rings. The summed E-state index contributed by atoms with van der Waals surface area (Å²) in [6.45, 7) is 0. The van der Waals surface area contributed by atoms with Gasteiger partial charge < -0.3 is 9.64 Å². The predicted octanol–water partition coefficient (Wildman–Crippen LogP) is 3.85. The average Bonchev–Trinajstić information content (AvgIpc) is 2.42. The molecule has 0 bridgehead atoms. The normalized spacial score (nSPS) is 18.5. The van der Waals surface area contributed by atoms with Crippen LogP contribution in [0.3, 0.4) is 0 Å². The van der Waals surface area contributed by atoms with Crippen molar-refractivity contribution in [3.05, 3.63) is 53.5 Å². The molecule has 0 spiro atoms. The number of benzene rings is 1. The first-order valence-corrected chi connectivity index (χ1v) is 6.13. The first-order chi connectivity index (χ1) is 10.5. The maximum Gasteiger partial charge on any atom is 0.451 e. The summed E-state index contributed by atoms with van der Waals surface area (Å²) in [5.74, 6) is -4.44. The molecule has 0 unspecified atom stereocenters. The largest absolute Gasteiger partial charge is 0.451 e. The van der Waals surface area contributed by atoms with Gasteiger partial charge in [0.2, 0.25) is 5.76 Å². The number of carbonyl (C=O) groups is 1. The van der Waals surface area contributed by atoms with Crippen LogP contribution in [-0.4, -0.2) is 30.2 Å². The van der Waals surface area contributed by atoms with Gasteiger partial charge in [-0.15, -0.1) is 0 Å². The van der Waals surface area contributed by atoms with E-state index in [1.54, 1.807) is 0 Å². The fraction of sp³-hybridized carbons (Fsp3) is 0.214. The van der Waals surface area contributed by atoms with Gasteiger partial charge in [0, 0.05) is 12.6 Å². The Morgan fingerprint density at radius 1 is 1.04 bits per heavy atom. The molecule has 2 rings (SSSR count). The standard InChI is InChI=1S/C14H9F6NO2/c1-21-10(8-5-3-2-4-6-8)11(14(18,19)20)23-9(12(21)22)7-13(15,16)17/h2-7H,1H3/b9-7+. The monoisotopic (exact) mass is 337 g/mol. The average molecular weight is 337 g/mol. The number of ether oxygens (including phenoxy) is 1. The molecule has 1 aromatic rings. The SMILES string of the molecule is CN1C(=O)/C(=C\C(F)(F)F)OC(C(F)(F)F)=C1c1ccccc1. The third-order valence-corrected chi connectivity index (χ3v) is 2.88. The molecule has 1 aliphatic heterocycles. The van der Waals surface area contributed by atoms with E-state index >= 15 is 0 Å². The second-order valence-corrected chi connectivity index (χ2v) is 4.56. The second-order valence-electron chi connectivity index (χ2n) is 4.56. The Labute approximate surface area is 126 Å². The van der Waals surface area contributed by atoms with Crippen molar-refractivity contribution < 1.29 is 35.9 Å². The summed E-state index contributed by atoms with van der Waals surface area (Å²) in [7, 11) is 0.948. The summed E-state index contributed by atoms with van der Waals surface area (Å²) in [6, 6.07) is 6.96. The third-order valence-electron chi connectivity index (χ3n) is 2.88. The van der Waals surface area contributed by atoms with Gasteiger partial charge in [-0.3, -0.25) is 4.79 Å². The van der Waals surface area contributed by atoms with Crippen LogP contribution in [0.2, 0.25) is 0 Å². The van der Waals surface area contributed by atoms with E-state index < -0.39 is 41.6 Å². The van der Waals surface area contributed by atoms with Crippen molar-refractivity contribution in [2.24, 2.45) is 0 Å². The highest BCUT2D eigenvalue weighted by atomic mass is 19.4. The third kappa shape index (κ3) is 3.66. The number of alkyl halides is 6. The van der Waals surface area contributed by atoms with Gasteiger partial charge in [-0.25, -0.2) is 0 Å². The molecule has 3 nitrogen and oxygen atoms in total. The van der Waals surface area contributed by atoms with E-state index in [1.807, 2.05) is 0 Å². The zero-order valence-corrected chi connectivity index (χ0v) is 11.5. The summed E-state index contributed by atoms with van der Waals surface area (Å²) in [5.41, 5.74) is -0.663. The van der Waals surface area contributed by atoms with Crippen molar-refractivity contribution in [1.82, 2.24) is 4.90 Å². The van der Waals surface area contributed by atoms with Crippen molar-refractivity contribution in [2.75, 3.05) is 7.05 Å². The van der Waals surface area contributed by atoms with Crippen molar-refractivity contribution in [1.29, 1.82) is 0 Å². The lowest BCUT2D eigenvalue weighted by Gasteiger charge is -2.31. The van der Waals surface area contributed by atoms with E-state index in [1.165, 1.54) is 30.3 Å². The molecule has 0 saturated heterocycles. The lowest BCUT2D eigenvalue weighted by molar-refractivity contribution is -0.143. The van der Waals surface area contributed by atoms with Crippen molar-refractivity contribution >= 4 is 11.6 Å². The van der Waals surface area contributed by atoms with Gasteiger partial charge in [0.15, 0.2) is 5.76 Å². The van der Waals surface area contributed by atoms with Crippen LogP contribution in [0.5, 0.6) is 0 Å². The van der Waals surface area contributed by atoms with E-state index in [9.17, 15) is 31.1 Å². The van der Waals surface area contributed by atoms with Gasteiger partial charge in [-0.1, -0.05) is 30.3 Å². The number of carbonyl (C=O) groups excluding carboxylic acids is 1. The summed E-state index contributed by atoms with van der Waals surface area (Å²) in [5, 5.41) is 0. The van der Waals surface area contributed by atoms with Gasteiger partial charge >= 0.3 is 12.4 Å². The molecule has 0 saturated carbocycles. The maximum absolute atomic E-state index is 13.2. The minimum Gasteiger partial charge on any atom is -0.444 e. The number of likely N-dealkylation sites (N-methyl/N-ethyl adjacent to an activating group) is 1. The van der Waals surface area contributed by atoms with Crippen LogP contribution in [0.25, 0.3) is 5.70 Å². The van der Waals surface area contributed by atoms with E-state index in [-0.39, 0.29) is 5.56 Å².